The Kier molecular flexibility index (Phi) is 2.91. The van der Waals surface area contributed by atoms with Crippen LogP contribution >= 0.6 is 0 Å². The Labute approximate surface area is 83.0 Å². The van der Waals surface area contributed by atoms with Gasteiger partial charge in [0.2, 0.25) is 0 Å². The molecule has 0 amide bonds. The number of rotatable bonds is 2. The minimum atomic E-state index is 0.129. The monoisotopic (exact) mass is 197 g/mol. The van der Waals surface area contributed by atoms with Gasteiger partial charge in [0.25, 0.3) is 0 Å². The van der Waals surface area contributed by atoms with Crippen LogP contribution in [0.4, 0.5) is 0 Å². The van der Waals surface area contributed by atoms with Crippen LogP contribution in [-0.4, -0.2) is 32.5 Å². The highest BCUT2D eigenvalue weighted by Gasteiger charge is 2.40. The van der Waals surface area contributed by atoms with Crippen molar-refractivity contribution >= 4 is 0 Å². The summed E-state index contributed by atoms with van der Waals surface area (Å²) in [7, 11) is 0. The van der Waals surface area contributed by atoms with E-state index in [4.69, 9.17) is 15.0 Å². The van der Waals surface area contributed by atoms with Gasteiger partial charge in [-0.3, -0.25) is 0 Å². The summed E-state index contributed by atoms with van der Waals surface area (Å²) in [6, 6.07) is 0. The molecule has 78 valence electrons. The van der Waals surface area contributed by atoms with Gasteiger partial charge in [-0.25, -0.2) is 0 Å². The maximum absolute atomic E-state index is 8.21. The molecule has 0 aliphatic carbocycles. The topological polar surface area (TPSA) is 67.2 Å². The van der Waals surface area contributed by atoms with Crippen LogP contribution in [0.25, 0.3) is 10.4 Å². The highest BCUT2D eigenvalue weighted by atomic mass is 16.5. The van der Waals surface area contributed by atoms with Crippen LogP contribution in [0.1, 0.15) is 19.3 Å². The molecule has 1 spiro atoms. The van der Waals surface area contributed by atoms with Crippen LogP contribution in [0.15, 0.2) is 5.11 Å². The van der Waals surface area contributed by atoms with Crippen molar-refractivity contribution < 1.29 is 9.47 Å². The lowest BCUT2D eigenvalue weighted by atomic mass is 9.78. The van der Waals surface area contributed by atoms with Gasteiger partial charge in [0.1, 0.15) is 0 Å². The summed E-state index contributed by atoms with van der Waals surface area (Å²) in [5.74, 6) is 0. The molecule has 2 aliphatic heterocycles. The first-order valence-corrected chi connectivity index (χ1v) is 5.05. The average Bonchev–Trinajstić information content (AvgIpc) is 2.60. The van der Waals surface area contributed by atoms with Gasteiger partial charge in [0.05, 0.1) is 19.3 Å². The van der Waals surface area contributed by atoms with E-state index in [-0.39, 0.29) is 6.10 Å². The normalized spacial score (nSPS) is 30.1. The second-order valence-electron chi connectivity index (χ2n) is 4.16. The first-order chi connectivity index (χ1) is 6.85. The molecule has 0 bridgehead atoms. The molecule has 2 heterocycles. The molecular weight excluding hydrogens is 182 g/mol. The van der Waals surface area contributed by atoms with Gasteiger partial charge in [-0.05, 0) is 24.8 Å². The molecule has 0 saturated carbocycles. The van der Waals surface area contributed by atoms with Crippen molar-refractivity contribution in [1.29, 1.82) is 0 Å². The Morgan fingerprint density at radius 1 is 1.43 bits per heavy atom. The van der Waals surface area contributed by atoms with Crippen molar-refractivity contribution in [2.75, 3.05) is 26.4 Å². The molecule has 0 radical (unpaired) electrons. The van der Waals surface area contributed by atoms with Crippen molar-refractivity contribution in [2.24, 2.45) is 10.5 Å². The third-order valence-corrected chi connectivity index (χ3v) is 3.19. The van der Waals surface area contributed by atoms with Gasteiger partial charge in [-0.2, -0.15) is 0 Å². The first-order valence-electron chi connectivity index (χ1n) is 5.05. The molecule has 0 aromatic rings. The summed E-state index contributed by atoms with van der Waals surface area (Å²) >= 11 is 0. The molecule has 5 heteroatoms. The average molecular weight is 197 g/mol. The summed E-state index contributed by atoms with van der Waals surface area (Å²) in [6.07, 6.45) is 3.32. The summed E-state index contributed by atoms with van der Waals surface area (Å²) in [5, 5.41) is 3.56. The fourth-order valence-corrected chi connectivity index (χ4v) is 2.29. The van der Waals surface area contributed by atoms with Crippen molar-refractivity contribution in [3.63, 3.8) is 0 Å². The number of ether oxygens (including phenoxy) is 2. The second-order valence-corrected chi connectivity index (χ2v) is 4.16. The maximum Gasteiger partial charge on any atom is 0.0637 e. The quantitative estimate of drug-likeness (QED) is 0.385. The summed E-state index contributed by atoms with van der Waals surface area (Å²) in [4.78, 5) is 2.75. The van der Waals surface area contributed by atoms with E-state index in [2.05, 4.69) is 10.0 Å². The fourth-order valence-electron chi connectivity index (χ4n) is 2.29. The molecule has 1 atom stereocenters. The molecular formula is C9H15N3O2. The number of hydrogen-bond acceptors (Lipinski definition) is 3. The lowest BCUT2D eigenvalue weighted by molar-refractivity contribution is 0.00722. The van der Waals surface area contributed by atoms with E-state index in [1.807, 2.05) is 0 Å². The van der Waals surface area contributed by atoms with E-state index >= 15 is 0 Å². The highest BCUT2D eigenvalue weighted by molar-refractivity contribution is 4.90. The van der Waals surface area contributed by atoms with Crippen LogP contribution in [0.2, 0.25) is 0 Å². The standard InChI is InChI=1S/C9H15N3O2/c10-12-11-6-8-5-9(7-14-8)1-3-13-4-2-9/h8H,1-7H2. The Morgan fingerprint density at radius 3 is 2.93 bits per heavy atom. The fraction of sp³-hybridized carbons (Fsp3) is 1.00. The van der Waals surface area contributed by atoms with Crippen molar-refractivity contribution in [1.82, 2.24) is 0 Å². The van der Waals surface area contributed by atoms with Gasteiger partial charge in [-0.15, -0.1) is 0 Å². The van der Waals surface area contributed by atoms with Gasteiger partial charge in [0, 0.05) is 23.5 Å². The second kappa shape index (κ2) is 4.17. The van der Waals surface area contributed by atoms with E-state index in [1.54, 1.807) is 0 Å². The van der Waals surface area contributed by atoms with Crippen molar-refractivity contribution in [3.8, 4) is 0 Å². The lowest BCUT2D eigenvalue weighted by Crippen LogP contribution is -2.30. The lowest BCUT2D eigenvalue weighted by Gasteiger charge is -2.31. The largest absolute Gasteiger partial charge is 0.381 e. The number of hydrogen-bond donors (Lipinski definition) is 0. The Bertz CT molecular complexity index is 244. The zero-order valence-electron chi connectivity index (χ0n) is 8.19. The molecule has 1 unspecified atom stereocenters. The van der Waals surface area contributed by atoms with Crippen molar-refractivity contribution in [2.45, 2.75) is 25.4 Å². The number of nitrogens with zero attached hydrogens (tertiary/aromatic N) is 3. The zero-order chi connectivity index (χ0) is 9.86. The van der Waals surface area contributed by atoms with Gasteiger partial charge >= 0.3 is 0 Å². The predicted octanol–water partition coefficient (Wildman–Crippen LogP) is 1.88. The molecule has 2 rings (SSSR count). The molecule has 5 nitrogen and oxygen atoms in total. The minimum absolute atomic E-state index is 0.129. The molecule has 2 saturated heterocycles. The van der Waals surface area contributed by atoms with Crippen LogP contribution in [0.5, 0.6) is 0 Å². The molecule has 2 aliphatic rings. The Morgan fingerprint density at radius 2 is 2.21 bits per heavy atom. The third kappa shape index (κ3) is 2.00. The van der Waals surface area contributed by atoms with E-state index in [0.717, 1.165) is 39.1 Å². The third-order valence-electron chi connectivity index (χ3n) is 3.19. The smallest absolute Gasteiger partial charge is 0.0637 e. The predicted molar refractivity (Wildman–Crippen MR) is 50.9 cm³/mol. The van der Waals surface area contributed by atoms with Crippen LogP contribution in [-0.2, 0) is 9.47 Å². The van der Waals surface area contributed by atoms with E-state index in [1.165, 1.54) is 0 Å². The van der Waals surface area contributed by atoms with E-state index in [9.17, 15) is 0 Å². The summed E-state index contributed by atoms with van der Waals surface area (Å²) in [5.41, 5.74) is 8.52. The van der Waals surface area contributed by atoms with Crippen LogP contribution in [0, 0.1) is 5.41 Å². The summed E-state index contributed by atoms with van der Waals surface area (Å²) < 4.78 is 11.0. The molecule has 2 fully saturated rings. The van der Waals surface area contributed by atoms with Crippen LogP contribution < -0.4 is 0 Å². The summed E-state index contributed by atoms with van der Waals surface area (Å²) in [6.45, 7) is 2.97. The van der Waals surface area contributed by atoms with E-state index in [0.29, 0.717) is 12.0 Å². The number of azide groups is 1. The zero-order valence-corrected chi connectivity index (χ0v) is 8.19. The maximum atomic E-state index is 8.21. The highest BCUT2D eigenvalue weighted by Crippen LogP contribution is 2.41. The van der Waals surface area contributed by atoms with Gasteiger partial charge in [0.15, 0.2) is 0 Å². The molecule has 0 aromatic heterocycles. The molecule has 0 aromatic carbocycles. The van der Waals surface area contributed by atoms with Gasteiger partial charge in [-0.1, -0.05) is 5.11 Å². The Hall–Kier alpha value is -0.770. The van der Waals surface area contributed by atoms with Gasteiger partial charge < -0.3 is 9.47 Å². The molecule has 0 N–H and O–H groups in total. The molecule has 14 heavy (non-hydrogen) atoms. The minimum Gasteiger partial charge on any atom is -0.381 e. The van der Waals surface area contributed by atoms with Crippen molar-refractivity contribution in [3.05, 3.63) is 10.4 Å². The van der Waals surface area contributed by atoms with Crippen LogP contribution in [0.3, 0.4) is 0 Å². The first kappa shape index (κ1) is 9.77. The Balaban J connectivity index is 1.88. The van der Waals surface area contributed by atoms with E-state index < -0.39 is 0 Å². The SMILES string of the molecule is [N-]=[N+]=NCC1CC2(CCOCC2)CO1.